The van der Waals surface area contributed by atoms with E-state index in [1.807, 2.05) is 0 Å². The van der Waals surface area contributed by atoms with Crippen LogP contribution in [0.2, 0.25) is 5.15 Å². The van der Waals surface area contributed by atoms with Gasteiger partial charge in [-0.25, -0.2) is 4.98 Å². The third kappa shape index (κ3) is 6.37. The van der Waals surface area contributed by atoms with Crippen LogP contribution in [-0.2, 0) is 9.53 Å². The van der Waals surface area contributed by atoms with Crippen molar-refractivity contribution in [1.29, 1.82) is 0 Å². The number of nitrogen functional groups attached to an aromatic ring is 1. The van der Waals surface area contributed by atoms with Gasteiger partial charge in [-0.1, -0.05) is 24.4 Å². The van der Waals surface area contributed by atoms with Gasteiger partial charge in [0.15, 0.2) is 0 Å². The fraction of sp³-hybridized carbons (Fsp3) is 0.643. The van der Waals surface area contributed by atoms with Crippen molar-refractivity contribution in [2.75, 3.05) is 29.2 Å². The topological polar surface area (TPSA) is 90.1 Å². The third-order valence-electron chi connectivity index (χ3n) is 3.30. The van der Waals surface area contributed by atoms with Crippen LogP contribution in [0.4, 0.5) is 11.8 Å². The second-order valence-electron chi connectivity index (χ2n) is 5.17. The van der Waals surface area contributed by atoms with Crippen LogP contribution in [0.25, 0.3) is 0 Å². The normalized spacial score (nSPS) is 15.1. The average molecular weight is 345 g/mol. The van der Waals surface area contributed by atoms with Crippen molar-refractivity contribution in [3.8, 4) is 0 Å². The summed E-state index contributed by atoms with van der Waals surface area (Å²) >= 11 is 7.32. The lowest BCUT2D eigenvalue weighted by molar-refractivity contribution is -0.113. The minimum absolute atomic E-state index is 0.0412. The van der Waals surface area contributed by atoms with Gasteiger partial charge in [0.1, 0.15) is 11.0 Å². The number of ether oxygens (including phenoxy) is 1. The Hall–Kier alpha value is -1.05. The molecule has 8 heteroatoms. The van der Waals surface area contributed by atoms with E-state index in [4.69, 9.17) is 22.1 Å². The molecule has 0 aromatic carbocycles. The molecule has 1 amide bonds. The fourth-order valence-electron chi connectivity index (χ4n) is 2.31. The Labute approximate surface area is 139 Å². The first-order valence-corrected chi connectivity index (χ1v) is 8.96. The molecule has 0 unspecified atom stereocenters. The van der Waals surface area contributed by atoms with Gasteiger partial charge in [0.05, 0.1) is 11.9 Å². The SMILES string of the molecule is Nc1nc(Cl)cc(NC(=O)CSCCCOC2CCCC2)n1. The molecule has 22 heavy (non-hydrogen) atoms. The quantitative estimate of drug-likeness (QED) is 0.556. The van der Waals surface area contributed by atoms with E-state index < -0.39 is 0 Å². The summed E-state index contributed by atoms with van der Waals surface area (Å²) in [5, 5.41) is 2.86. The molecule has 0 radical (unpaired) electrons. The van der Waals surface area contributed by atoms with Crippen LogP contribution in [0.3, 0.4) is 0 Å². The van der Waals surface area contributed by atoms with E-state index in [1.54, 1.807) is 11.8 Å². The summed E-state index contributed by atoms with van der Waals surface area (Å²) in [5.74, 6) is 1.50. The number of amides is 1. The van der Waals surface area contributed by atoms with Gasteiger partial charge in [-0.3, -0.25) is 4.79 Å². The molecule has 1 saturated carbocycles. The molecule has 1 aromatic rings. The highest BCUT2D eigenvalue weighted by Crippen LogP contribution is 2.21. The van der Waals surface area contributed by atoms with E-state index in [-0.39, 0.29) is 17.0 Å². The number of rotatable bonds is 8. The fourth-order valence-corrected chi connectivity index (χ4v) is 3.22. The predicted molar refractivity (Wildman–Crippen MR) is 90.2 cm³/mol. The van der Waals surface area contributed by atoms with Gasteiger partial charge in [0.25, 0.3) is 0 Å². The summed E-state index contributed by atoms with van der Waals surface area (Å²) in [6.07, 6.45) is 6.39. The van der Waals surface area contributed by atoms with E-state index in [1.165, 1.54) is 31.7 Å². The average Bonchev–Trinajstić information content (AvgIpc) is 2.94. The largest absolute Gasteiger partial charge is 0.378 e. The standard InChI is InChI=1S/C14H21ClN4O2S/c15-11-8-12(19-14(16)17-11)18-13(20)9-22-7-3-6-21-10-4-1-2-5-10/h8,10H,1-7,9H2,(H3,16,17,18,19,20). The number of thioether (sulfide) groups is 1. The smallest absolute Gasteiger partial charge is 0.235 e. The van der Waals surface area contributed by atoms with Gasteiger partial charge < -0.3 is 15.8 Å². The second kappa shape index (κ2) is 9.17. The molecule has 1 aliphatic rings. The Bertz CT molecular complexity index is 477. The van der Waals surface area contributed by atoms with E-state index >= 15 is 0 Å². The molecule has 2 rings (SSSR count). The first kappa shape index (κ1) is 17.3. The molecular weight excluding hydrogens is 324 g/mol. The Kier molecular flexibility index (Phi) is 7.21. The van der Waals surface area contributed by atoms with Crippen LogP contribution in [0.15, 0.2) is 6.07 Å². The molecule has 0 bridgehead atoms. The number of aromatic nitrogens is 2. The Morgan fingerprint density at radius 1 is 1.45 bits per heavy atom. The maximum absolute atomic E-state index is 11.8. The summed E-state index contributed by atoms with van der Waals surface area (Å²) < 4.78 is 5.77. The van der Waals surface area contributed by atoms with Crippen molar-refractivity contribution in [3.63, 3.8) is 0 Å². The minimum Gasteiger partial charge on any atom is -0.378 e. The van der Waals surface area contributed by atoms with Crippen LogP contribution < -0.4 is 11.1 Å². The van der Waals surface area contributed by atoms with Crippen LogP contribution in [-0.4, -0.2) is 40.1 Å². The number of nitrogens with one attached hydrogen (secondary N) is 1. The molecule has 1 fully saturated rings. The molecule has 6 nitrogen and oxygen atoms in total. The first-order valence-electron chi connectivity index (χ1n) is 7.43. The summed E-state index contributed by atoms with van der Waals surface area (Å²) in [6, 6.07) is 1.47. The highest BCUT2D eigenvalue weighted by Gasteiger charge is 2.14. The molecule has 0 aliphatic heterocycles. The maximum atomic E-state index is 11.8. The predicted octanol–water partition coefficient (Wildman–Crippen LogP) is 2.73. The Balaban J connectivity index is 1.55. The number of carbonyl (C=O) groups is 1. The lowest BCUT2D eigenvalue weighted by Crippen LogP contribution is -2.16. The molecule has 122 valence electrons. The zero-order chi connectivity index (χ0) is 15.8. The van der Waals surface area contributed by atoms with Gasteiger partial charge in [-0.15, -0.1) is 0 Å². The molecule has 3 N–H and O–H groups in total. The van der Waals surface area contributed by atoms with Crippen LogP contribution in [0, 0.1) is 0 Å². The van der Waals surface area contributed by atoms with Crippen molar-refractivity contribution in [2.45, 2.75) is 38.2 Å². The summed E-state index contributed by atoms with van der Waals surface area (Å²) in [7, 11) is 0. The molecule has 1 aliphatic carbocycles. The van der Waals surface area contributed by atoms with E-state index in [0.717, 1.165) is 18.8 Å². The summed E-state index contributed by atoms with van der Waals surface area (Å²) in [4.78, 5) is 19.4. The number of hydrogen-bond acceptors (Lipinski definition) is 6. The van der Waals surface area contributed by atoms with Crippen molar-refractivity contribution >= 4 is 41.0 Å². The number of nitrogens with zero attached hydrogens (tertiary/aromatic N) is 2. The lowest BCUT2D eigenvalue weighted by atomic mass is 10.3. The van der Waals surface area contributed by atoms with Crippen LogP contribution >= 0.6 is 23.4 Å². The Morgan fingerprint density at radius 3 is 2.95 bits per heavy atom. The molecule has 1 heterocycles. The Morgan fingerprint density at radius 2 is 2.23 bits per heavy atom. The number of halogens is 1. The van der Waals surface area contributed by atoms with Gasteiger partial charge in [-0.05, 0) is 25.0 Å². The summed E-state index contributed by atoms with van der Waals surface area (Å²) in [6.45, 7) is 0.775. The van der Waals surface area contributed by atoms with Gasteiger partial charge in [0.2, 0.25) is 11.9 Å². The lowest BCUT2D eigenvalue weighted by Gasteiger charge is -2.10. The van der Waals surface area contributed by atoms with Crippen molar-refractivity contribution in [1.82, 2.24) is 9.97 Å². The van der Waals surface area contributed by atoms with E-state index in [2.05, 4.69) is 15.3 Å². The van der Waals surface area contributed by atoms with E-state index in [0.29, 0.717) is 17.7 Å². The number of nitrogens with two attached hydrogens (primary N) is 1. The second-order valence-corrected chi connectivity index (χ2v) is 6.66. The maximum Gasteiger partial charge on any atom is 0.235 e. The number of carbonyl (C=O) groups excluding carboxylic acids is 1. The number of hydrogen-bond donors (Lipinski definition) is 2. The molecule has 1 aromatic heterocycles. The highest BCUT2D eigenvalue weighted by molar-refractivity contribution is 7.99. The van der Waals surface area contributed by atoms with Crippen LogP contribution in [0.1, 0.15) is 32.1 Å². The van der Waals surface area contributed by atoms with Gasteiger partial charge >= 0.3 is 0 Å². The molecule has 0 spiro atoms. The zero-order valence-electron chi connectivity index (χ0n) is 12.4. The third-order valence-corrected chi connectivity index (χ3v) is 4.54. The van der Waals surface area contributed by atoms with Gasteiger partial charge in [-0.2, -0.15) is 16.7 Å². The van der Waals surface area contributed by atoms with E-state index in [9.17, 15) is 4.79 Å². The zero-order valence-corrected chi connectivity index (χ0v) is 14.0. The first-order chi connectivity index (χ1) is 10.6. The molecular formula is C14H21ClN4O2S. The molecule has 0 atom stereocenters. The van der Waals surface area contributed by atoms with Gasteiger partial charge in [0, 0.05) is 12.7 Å². The van der Waals surface area contributed by atoms with Crippen LogP contribution in [0.5, 0.6) is 0 Å². The molecule has 0 saturated heterocycles. The highest BCUT2D eigenvalue weighted by atomic mass is 35.5. The van der Waals surface area contributed by atoms with Crippen molar-refractivity contribution in [2.24, 2.45) is 0 Å². The minimum atomic E-state index is -0.129. The monoisotopic (exact) mass is 344 g/mol. The van der Waals surface area contributed by atoms with Crippen molar-refractivity contribution < 1.29 is 9.53 Å². The summed E-state index contributed by atoms with van der Waals surface area (Å²) in [5.41, 5.74) is 5.46. The van der Waals surface area contributed by atoms with Crippen molar-refractivity contribution in [3.05, 3.63) is 11.2 Å². The number of anilines is 2.